The molecule has 0 spiro atoms. The highest BCUT2D eigenvalue weighted by atomic mass is 35.5. The van der Waals surface area contributed by atoms with E-state index in [9.17, 15) is 14.7 Å². The Morgan fingerprint density at radius 1 is 1.32 bits per heavy atom. The number of benzene rings is 1. The minimum atomic E-state index is -0.987. The molecule has 1 aromatic carbocycles. The zero-order valence-corrected chi connectivity index (χ0v) is 11.4. The normalized spacial score (nSPS) is 26.6. The van der Waals surface area contributed by atoms with E-state index in [-0.39, 0.29) is 12.2 Å². The monoisotopic (exact) mass is 278 g/mol. The molecule has 1 N–H and O–H groups in total. The molecule has 1 aromatic rings. The van der Waals surface area contributed by atoms with E-state index in [0.717, 1.165) is 0 Å². The molecule has 1 aliphatic carbocycles. The van der Waals surface area contributed by atoms with Crippen LogP contribution in [0.4, 0.5) is 0 Å². The summed E-state index contributed by atoms with van der Waals surface area (Å²) in [6.45, 7) is 1.69. The maximum atomic E-state index is 12.6. The maximum absolute atomic E-state index is 12.6. The zero-order chi connectivity index (χ0) is 14.0. The Bertz CT molecular complexity index is 536. The predicted molar refractivity (Wildman–Crippen MR) is 73.2 cm³/mol. The van der Waals surface area contributed by atoms with E-state index in [2.05, 4.69) is 0 Å². The van der Waals surface area contributed by atoms with Crippen LogP contribution in [0.5, 0.6) is 0 Å². The second kappa shape index (κ2) is 5.17. The predicted octanol–water partition coefficient (Wildman–Crippen LogP) is 3.49. The number of allylic oxidation sites excluding steroid dienone is 2. The zero-order valence-electron chi connectivity index (χ0n) is 10.6. The summed E-state index contributed by atoms with van der Waals surface area (Å²) < 4.78 is 0. The van der Waals surface area contributed by atoms with Crippen molar-refractivity contribution in [3.8, 4) is 0 Å². The van der Waals surface area contributed by atoms with Gasteiger partial charge in [-0.2, -0.15) is 0 Å². The number of Topliss-reactive ketones (excluding diaryl/α,β-unsaturated/α-hetero) is 1. The Morgan fingerprint density at radius 3 is 2.53 bits per heavy atom. The average molecular weight is 279 g/mol. The summed E-state index contributed by atoms with van der Waals surface area (Å²) in [6.07, 6.45) is 2.27. The Kier molecular flexibility index (Phi) is 3.76. The standard InChI is InChI=1S/C15H15ClO3/c1-15(13(17)10-5-3-2-4-6-10)9-11(16)7-8-12(15)14(18)19/h2-7,12H,8-9H2,1H3,(H,18,19)/t12-,15-/m1/s1. The molecule has 0 radical (unpaired) electrons. The number of hydrogen-bond acceptors (Lipinski definition) is 2. The number of aliphatic carboxylic acids is 1. The molecular formula is C15H15ClO3. The van der Waals surface area contributed by atoms with Gasteiger partial charge in [0.1, 0.15) is 0 Å². The molecule has 1 aliphatic rings. The van der Waals surface area contributed by atoms with Crippen molar-refractivity contribution < 1.29 is 14.7 Å². The molecule has 0 unspecified atom stereocenters. The Labute approximate surface area is 116 Å². The highest BCUT2D eigenvalue weighted by Crippen LogP contribution is 2.44. The Balaban J connectivity index is 2.41. The number of carboxylic acid groups (broad SMARTS) is 1. The number of hydrogen-bond donors (Lipinski definition) is 1. The first-order valence-electron chi connectivity index (χ1n) is 6.12. The molecule has 2 rings (SSSR count). The molecule has 4 heteroatoms. The first-order valence-corrected chi connectivity index (χ1v) is 6.50. The SMILES string of the molecule is C[C@@]1(C(=O)c2ccccc2)CC(Cl)=CC[C@@H]1C(=O)O. The molecular weight excluding hydrogens is 264 g/mol. The fraction of sp³-hybridized carbons (Fsp3) is 0.333. The topological polar surface area (TPSA) is 54.4 Å². The van der Waals surface area contributed by atoms with Crippen molar-refractivity contribution in [2.75, 3.05) is 0 Å². The first kappa shape index (κ1) is 13.8. The lowest BCUT2D eigenvalue weighted by Crippen LogP contribution is -2.42. The second-order valence-corrected chi connectivity index (χ2v) is 5.55. The fourth-order valence-corrected chi connectivity index (χ4v) is 2.95. The lowest BCUT2D eigenvalue weighted by atomic mass is 9.66. The molecule has 3 nitrogen and oxygen atoms in total. The molecule has 19 heavy (non-hydrogen) atoms. The highest BCUT2D eigenvalue weighted by molar-refractivity contribution is 6.30. The van der Waals surface area contributed by atoms with Crippen LogP contribution in [0.15, 0.2) is 41.4 Å². The van der Waals surface area contributed by atoms with Crippen molar-refractivity contribution in [1.82, 2.24) is 0 Å². The van der Waals surface area contributed by atoms with Gasteiger partial charge in [-0.15, -0.1) is 0 Å². The van der Waals surface area contributed by atoms with Crippen LogP contribution in [0, 0.1) is 11.3 Å². The quantitative estimate of drug-likeness (QED) is 0.861. The van der Waals surface area contributed by atoms with Gasteiger partial charge in [-0.3, -0.25) is 9.59 Å². The van der Waals surface area contributed by atoms with Crippen LogP contribution in [-0.2, 0) is 4.79 Å². The van der Waals surface area contributed by atoms with Gasteiger partial charge in [-0.25, -0.2) is 0 Å². The second-order valence-electron chi connectivity index (χ2n) is 5.07. The van der Waals surface area contributed by atoms with Gasteiger partial charge in [0.15, 0.2) is 5.78 Å². The van der Waals surface area contributed by atoms with Gasteiger partial charge < -0.3 is 5.11 Å². The third kappa shape index (κ3) is 2.56. The van der Waals surface area contributed by atoms with Crippen LogP contribution >= 0.6 is 11.6 Å². The molecule has 100 valence electrons. The number of halogens is 1. The van der Waals surface area contributed by atoms with Crippen molar-refractivity contribution in [3.63, 3.8) is 0 Å². The Morgan fingerprint density at radius 2 is 1.95 bits per heavy atom. The van der Waals surface area contributed by atoms with E-state index in [1.807, 2.05) is 6.07 Å². The molecule has 0 heterocycles. The summed E-state index contributed by atoms with van der Waals surface area (Å²) in [5.74, 6) is -1.85. The summed E-state index contributed by atoms with van der Waals surface area (Å²) in [4.78, 5) is 24.0. The molecule has 2 atom stereocenters. The molecule has 0 saturated heterocycles. The van der Waals surface area contributed by atoms with Crippen LogP contribution in [0.1, 0.15) is 30.1 Å². The van der Waals surface area contributed by atoms with Gasteiger partial charge in [0.05, 0.1) is 5.92 Å². The third-order valence-corrected chi connectivity index (χ3v) is 4.02. The third-order valence-electron chi connectivity index (χ3n) is 3.73. The number of carbonyl (C=O) groups is 2. The van der Waals surface area contributed by atoms with Gasteiger partial charge in [-0.1, -0.05) is 54.9 Å². The molecule has 0 aliphatic heterocycles. The van der Waals surface area contributed by atoms with E-state index in [1.165, 1.54) is 0 Å². The number of carbonyl (C=O) groups excluding carboxylic acids is 1. The van der Waals surface area contributed by atoms with Crippen LogP contribution in [0.25, 0.3) is 0 Å². The molecule has 0 aromatic heterocycles. The van der Waals surface area contributed by atoms with Crippen LogP contribution < -0.4 is 0 Å². The summed E-state index contributed by atoms with van der Waals surface area (Å²) in [6, 6.07) is 8.78. The van der Waals surface area contributed by atoms with Gasteiger partial charge in [0, 0.05) is 16.0 Å². The van der Waals surface area contributed by atoms with E-state index in [0.29, 0.717) is 17.0 Å². The van der Waals surface area contributed by atoms with Crippen LogP contribution in [0.3, 0.4) is 0 Å². The minimum Gasteiger partial charge on any atom is -0.481 e. The fourth-order valence-electron chi connectivity index (χ4n) is 2.58. The summed E-state index contributed by atoms with van der Waals surface area (Å²) in [7, 11) is 0. The smallest absolute Gasteiger partial charge is 0.307 e. The minimum absolute atomic E-state index is 0.160. The molecule has 0 amide bonds. The van der Waals surface area contributed by atoms with Crippen molar-refractivity contribution in [2.45, 2.75) is 19.8 Å². The van der Waals surface area contributed by atoms with Crippen LogP contribution in [0.2, 0.25) is 0 Å². The van der Waals surface area contributed by atoms with Crippen molar-refractivity contribution >= 4 is 23.4 Å². The number of rotatable bonds is 3. The number of carboxylic acids is 1. The largest absolute Gasteiger partial charge is 0.481 e. The maximum Gasteiger partial charge on any atom is 0.307 e. The van der Waals surface area contributed by atoms with Crippen molar-refractivity contribution in [2.24, 2.45) is 11.3 Å². The average Bonchev–Trinajstić information content (AvgIpc) is 2.38. The van der Waals surface area contributed by atoms with E-state index in [1.54, 1.807) is 37.3 Å². The van der Waals surface area contributed by atoms with Gasteiger partial charge in [0.2, 0.25) is 0 Å². The lowest BCUT2D eigenvalue weighted by molar-refractivity contribution is -0.145. The molecule has 0 fully saturated rings. The molecule has 0 saturated carbocycles. The van der Waals surface area contributed by atoms with E-state index in [4.69, 9.17) is 11.6 Å². The van der Waals surface area contributed by atoms with Crippen molar-refractivity contribution in [1.29, 1.82) is 0 Å². The first-order chi connectivity index (χ1) is 8.95. The van der Waals surface area contributed by atoms with Crippen LogP contribution in [-0.4, -0.2) is 16.9 Å². The van der Waals surface area contributed by atoms with E-state index < -0.39 is 17.3 Å². The summed E-state index contributed by atoms with van der Waals surface area (Å²) in [5.41, 5.74) is -0.457. The highest BCUT2D eigenvalue weighted by Gasteiger charge is 2.47. The van der Waals surface area contributed by atoms with Gasteiger partial charge in [-0.05, 0) is 12.8 Å². The molecule has 0 bridgehead atoms. The van der Waals surface area contributed by atoms with Gasteiger partial charge in [0.25, 0.3) is 0 Å². The van der Waals surface area contributed by atoms with Gasteiger partial charge >= 0.3 is 5.97 Å². The summed E-state index contributed by atoms with van der Waals surface area (Å²) in [5, 5.41) is 9.89. The van der Waals surface area contributed by atoms with E-state index >= 15 is 0 Å². The Hall–Kier alpha value is -1.61. The lowest BCUT2D eigenvalue weighted by Gasteiger charge is -2.36. The van der Waals surface area contributed by atoms with Crippen molar-refractivity contribution in [3.05, 3.63) is 47.0 Å². The number of ketones is 1. The summed E-state index contributed by atoms with van der Waals surface area (Å²) >= 11 is 6.02.